The monoisotopic (exact) mass is 736 g/mol. The Kier molecular flexibility index (Phi) is 8.40. The number of benzene rings is 9. The van der Waals surface area contributed by atoms with Crippen molar-refractivity contribution in [2.45, 2.75) is 0 Å². The predicted octanol–water partition coefficient (Wildman–Crippen LogP) is 9.62. The molecule has 2 heterocycles. The number of anilines is 6. The minimum atomic E-state index is 0.0137. The van der Waals surface area contributed by atoms with Gasteiger partial charge in [-0.2, -0.15) is 0 Å². The van der Waals surface area contributed by atoms with E-state index in [1.165, 1.54) is 72.1 Å². The summed E-state index contributed by atoms with van der Waals surface area (Å²) in [4.78, 5) is 4.96. The Morgan fingerprint density at radius 3 is 1.41 bits per heavy atom. The van der Waals surface area contributed by atoms with Crippen molar-refractivity contribution in [3.05, 3.63) is 231 Å². The molecule has 0 radical (unpaired) electrons. The summed E-state index contributed by atoms with van der Waals surface area (Å²) < 4.78 is 0. The Labute approximate surface area is 341 Å². The van der Waals surface area contributed by atoms with Crippen LogP contribution in [0.1, 0.15) is 0 Å². The second kappa shape index (κ2) is 14.3. The van der Waals surface area contributed by atoms with Crippen LogP contribution in [0.3, 0.4) is 0 Å². The first-order valence-corrected chi connectivity index (χ1v) is 20.2. The Morgan fingerprint density at radius 2 is 0.793 bits per heavy atom. The Balaban J connectivity index is 1.19. The summed E-state index contributed by atoms with van der Waals surface area (Å²) in [7, 11) is 0. The maximum absolute atomic E-state index is 2.58. The zero-order chi connectivity index (χ0) is 38.4. The van der Waals surface area contributed by atoms with Crippen LogP contribution in [0, 0.1) is 0 Å². The van der Waals surface area contributed by atoms with E-state index in [2.05, 4.69) is 240 Å². The molecular weight excluding hydrogens is 698 g/mol. The first-order valence-electron chi connectivity index (χ1n) is 20.2. The van der Waals surface area contributed by atoms with Crippen LogP contribution >= 0.6 is 0 Å². The van der Waals surface area contributed by atoms with E-state index in [1.54, 1.807) is 0 Å². The van der Waals surface area contributed by atoms with Crippen molar-refractivity contribution in [2.75, 3.05) is 9.80 Å². The quantitative estimate of drug-likeness (QED) is 0.151. The van der Waals surface area contributed by atoms with E-state index in [-0.39, 0.29) is 13.4 Å². The first kappa shape index (κ1) is 34.0. The van der Waals surface area contributed by atoms with Gasteiger partial charge in [-0.15, -0.1) is 0 Å². The lowest BCUT2D eigenvalue weighted by atomic mass is 9.30. The van der Waals surface area contributed by atoms with E-state index in [4.69, 9.17) is 0 Å². The summed E-state index contributed by atoms with van der Waals surface area (Å²) in [5.41, 5.74) is 19.8. The zero-order valence-electron chi connectivity index (χ0n) is 32.0. The molecule has 270 valence electrons. The molecule has 0 unspecified atom stereocenters. The standard InChI is InChI=1S/C54H38B2N2/c1-6-18-39(19-7-1)41-22-16-25-44(36-41)56-50-31-17-30-49-54(50)58(52-35-32-42(37-51(52)56)40-20-8-2-9-21-40)53-38-47(33-34-48(53)55(49)43-23-10-3-11-24-43)57(45-26-12-4-13-27-45)46-28-14-5-15-29-46/h1-38H. The molecule has 0 saturated carbocycles. The van der Waals surface area contributed by atoms with Gasteiger partial charge in [-0.3, -0.25) is 0 Å². The first-order chi connectivity index (χ1) is 28.8. The average Bonchev–Trinajstić information content (AvgIpc) is 3.30. The molecule has 58 heavy (non-hydrogen) atoms. The van der Waals surface area contributed by atoms with E-state index in [1.807, 2.05) is 0 Å². The molecule has 0 fully saturated rings. The minimum Gasteiger partial charge on any atom is -0.312 e. The summed E-state index contributed by atoms with van der Waals surface area (Å²) in [6.45, 7) is 0.0691. The highest BCUT2D eigenvalue weighted by molar-refractivity contribution is 7.02. The number of nitrogens with zero attached hydrogens (tertiary/aromatic N) is 2. The lowest BCUT2D eigenvalue weighted by molar-refractivity contribution is 1.26. The molecule has 0 N–H and O–H groups in total. The number of hydrogen-bond donors (Lipinski definition) is 0. The third kappa shape index (κ3) is 5.76. The van der Waals surface area contributed by atoms with Crippen molar-refractivity contribution in [1.29, 1.82) is 0 Å². The van der Waals surface area contributed by atoms with Crippen LogP contribution in [0.15, 0.2) is 231 Å². The third-order valence-corrected chi connectivity index (χ3v) is 11.9. The number of fused-ring (bicyclic) bond motifs is 4. The summed E-state index contributed by atoms with van der Waals surface area (Å²) in [6, 6.07) is 84.5. The van der Waals surface area contributed by atoms with E-state index in [0.29, 0.717) is 0 Å². The highest BCUT2D eigenvalue weighted by atomic mass is 15.2. The molecule has 0 amide bonds. The molecule has 0 aromatic heterocycles. The van der Waals surface area contributed by atoms with Crippen LogP contribution in [0.2, 0.25) is 0 Å². The predicted molar refractivity (Wildman–Crippen MR) is 249 cm³/mol. The van der Waals surface area contributed by atoms with Crippen LogP contribution in [0.25, 0.3) is 22.3 Å². The van der Waals surface area contributed by atoms with Crippen LogP contribution < -0.4 is 42.6 Å². The van der Waals surface area contributed by atoms with Gasteiger partial charge in [0.15, 0.2) is 0 Å². The van der Waals surface area contributed by atoms with Gasteiger partial charge in [0, 0.05) is 34.1 Å². The maximum Gasteiger partial charge on any atom is 0.246 e. The number of rotatable bonds is 7. The SMILES string of the molecule is c1ccc(B2c3ccc(N(c4ccccc4)c4ccccc4)cc3N3c4ccc(-c5ccccc5)cc4B(c4cccc(-c5ccccc5)c4)c4cccc2c43)cc1. The van der Waals surface area contributed by atoms with Gasteiger partial charge in [-0.25, -0.2) is 0 Å². The largest absolute Gasteiger partial charge is 0.312 e. The number of para-hydroxylation sites is 3. The molecule has 0 atom stereocenters. The van der Waals surface area contributed by atoms with E-state index in [0.717, 1.165) is 17.1 Å². The molecule has 0 bridgehead atoms. The van der Waals surface area contributed by atoms with Gasteiger partial charge >= 0.3 is 0 Å². The molecule has 9 aromatic carbocycles. The molecule has 4 heteroatoms. The average molecular weight is 737 g/mol. The van der Waals surface area contributed by atoms with Crippen LogP contribution in [-0.2, 0) is 0 Å². The molecule has 9 aromatic rings. The van der Waals surface area contributed by atoms with Gasteiger partial charge in [0.25, 0.3) is 0 Å². The van der Waals surface area contributed by atoms with Crippen molar-refractivity contribution in [3.8, 4) is 22.3 Å². The van der Waals surface area contributed by atoms with E-state index < -0.39 is 0 Å². The van der Waals surface area contributed by atoms with Crippen molar-refractivity contribution in [3.63, 3.8) is 0 Å². The smallest absolute Gasteiger partial charge is 0.246 e. The van der Waals surface area contributed by atoms with Crippen LogP contribution in [-0.4, -0.2) is 13.4 Å². The Morgan fingerprint density at radius 1 is 0.293 bits per heavy atom. The molecule has 2 aliphatic heterocycles. The summed E-state index contributed by atoms with van der Waals surface area (Å²) >= 11 is 0. The second-order valence-electron chi connectivity index (χ2n) is 15.3. The normalized spacial score (nSPS) is 12.4. The molecule has 0 aliphatic carbocycles. The van der Waals surface area contributed by atoms with Gasteiger partial charge in [-0.1, -0.05) is 199 Å². The topological polar surface area (TPSA) is 6.48 Å². The summed E-state index contributed by atoms with van der Waals surface area (Å²) in [5.74, 6) is 0. The molecular formula is C54H38B2N2. The minimum absolute atomic E-state index is 0.0137. The van der Waals surface area contributed by atoms with E-state index >= 15 is 0 Å². The fourth-order valence-electron chi connectivity index (χ4n) is 9.41. The summed E-state index contributed by atoms with van der Waals surface area (Å²) in [5, 5.41) is 0. The van der Waals surface area contributed by atoms with E-state index in [9.17, 15) is 0 Å². The molecule has 0 spiro atoms. The van der Waals surface area contributed by atoms with Gasteiger partial charge < -0.3 is 9.80 Å². The molecule has 11 rings (SSSR count). The lowest BCUT2D eigenvalue weighted by Gasteiger charge is -2.44. The van der Waals surface area contributed by atoms with Gasteiger partial charge in [0.2, 0.25) is 13.4 Å². The lowest BCUT2D eigenvalue weighted by Crippen LogP contribution is -2.65. The van der Waals surface area contributed by atoms with Crippen molar-refractivity contribution >= 4 is 80.3 Å². The van der Waals surface area contributed by atoms with Crippen LogP contribution in [0.5, 0.6) is 0 Å². The fraction of sp³-hybridized carbons (Fsp3) is 0. The molecule has 2 nitrogen and oxygen atoms in total. The van der Waals surface area contributed by atoms with Crippen LogP contribution in [0.4, 0.5) is 34.1 Å². The Bertz CT molecular complexity index is 2860. The van der Waals surface area contributed by atoms with Crippen molar-refractivity contribution in [1.82, 2.24) is 0 Å². The maximum atomic E-state index is 2.58. The summed E-state index contributed by atoms with van der Waals surface area (Å²) in [6.07, 6.45) is 0. The van der Waals surface area contributed by atoms with Crippen molar-refractivity contribution in [2.24, 2.45) is 0 Å². The fourth-order valence-corrected chi connectivity index (χ4v) is 9.41. The van der Waals surface area contributed by atoms with Gasteiger partial charge in [-0.05, 0) is 86.6 Å². The van der Waals surface area contributed by atoms with Gasteiger partial charge in [0.1, 0.15) is 0 Å². The molecule has 2 aliphatic rings. The Hall–Kier alpha value is -7.29. The van der Waals surface area contributed by atoms with Crippen molar-refractivity contribution < 1.29 is 0 Å². The third-order valence-electron chi connectivity index (χ3n) is 11.9. The zero-order valence-corrected chi connectivity index (χ0v) is 32.0. The van der Waals surface area contributed by atoms with Gasteiger partial charge in [0.05, 0.1) is 0 Å². The second-order valence-corrected chi connectivity index (χ2v) is 15.3. The highest BCUT2D eigenvalue weighted by Crippen LogP contribution is 2.42. The highest BCUT2D eigenvalue weighted by Gasteiger charge is 2.43. The molecule has 0 saturated heterocycles. The number of hydrogen-bond acceptors (Lipinski definition) is 2.